The fraction of sp³-hybridized carbons (Fsp3) is 0.400. The lowest BCUT2D eigenvalue weighted by Crippen LogP contribution is -2.44. The molecule has 1 aliphatic rings. The van der Waals surface area contributed by atoms with Gasteiger partial charge in [-0.1, -0.05) is 6.07 Å². The molecule has 4 aromatic rings. The molecule has 5 rings (SSSR count). The molecule has 0 amide bonds. The zero-order valence-electron chi connectivity index (χ0n) is 19.0. The van der Waals surface area contributed by atoms with Gasteiger partial charge in [0.25, 0.3) is 0 Å². The molecule has 1 fully saturated rings. The highest BCUT2D eigenvalue weighted by atomic mass is 15.3. The highest BCUT2D eigenvalue weighted by Gasteiger charge is 2.18. The molecule has 3 aromatic heterocycles. The van der Waals surface area contributed by atoms with E-state index in [4.69, 9.17) is 4.98 Å². The van der Waals surface area contributed by atoms with E-state index in [0.29, 0.717) is 18.5 Å². The van der Waals surface area contributed by atoms with Crippen molar-refractivity contribution in [2.75, 3.05) is 26.2 Å². The number of hydrogen-bond donors (Lipinski definition) is 2. The average molecular weight is 430 g/mol. The van der Waals surface area contributed by atoms with Crippen molar-refractivity contribution in [2.45, 2.75) is 39.3 Å². The second kappa shape index (κ2) is 8.84. The van der Waals surface area contributed by atoms with E-state index in [-0.39, 0.29) is 0 Å². The van der Waals surface area contributed by atoms with Gasteiger partial charge in [0.1, 0.15) is 5.82 Å². The Kier molecular flexibility index (Phi) is 5.76. The number of aromatic amines is 1. The summed E-state index contributed by atoms with van der Waals surface area (Å²) in [6, 6.07) is 13.5. The third-order valence-corrected chi connectivity index (χ3v) is 6.36. The Morgan fingerprint density at radius 1 is 1.00 bits per heavy atom. The Morgan fingerprint density at radius 3 is 2.66 bits per heavy atom. The molecule has 1 aromatic carbocycles. The standard InChI is InChI=1S/C25H31N7/c1-17(2)32-24(7-9-28-32)20-4-5-22-23(15-20)30-25(29-22)16-21-14-19(6-8-27-21)18(3)31-12-10-26-11-13-31/h4-9,14-15,17-18,26H,10-13,16H2,1-3H3,(H,29,30). The molecule has 2 N–H and O–H groups in total. The summed E-state index contributed by atoms with van der Waals surface area (Å²) in [5.41, 5.74) is 6.64. The van der Waals surface area contributed by atoms with E-state index in [9.17, 15) is 0 Å². The maximum atomic E-state index is 4.82. The minimum atomic E-state index is 0.315. The van der Waals surface area contributed by atoms with Gasteiger partial charge < -0.3 is 10.3 Å². The first-order valence-corrected chi connectivity index (χ1v) is 11.5. The second-order valence-corrected chi connectivity index (χ2v) is 8.89. The fourth-order valence-electron chi connectivity index (χ4n) is 4.57. The van der Waals surface area contributed by atoms with Gasteiger partial charge in [0, 0.05) is 68.3 Å². The van der Waals surface area contributed by atoms with Crippen LogP contribution in [0.4, 0.5) is 0 Å². The molecule has 7 heteroatoms. The molecule has 0 aliphatic carbocycles. The number of piperazine rings is 1. The fourth-order valence-corrected chi connectivity index (χ4v) is 4.57. The van der Waals surface area contributed by atoms with Crippen LogP contribution in [0, 0.1) is 0 Å². The number of fused-ring (bicyclic) bond motifs is 1. The van der Waals surface area contributed by atoms with Gasteiger partial charge in [-0.15, -0.1) is 0 Å². The molecular weight excluding hydrogens is 398 g/mol. The summed E-state index contributed by atoms with van der Waals surface area (Å²) in [5.74, 6) is 0.939. The quantitative estimate of drug-likeness (QED) is 0.485. The lowest BCUT2D eigenvalue weighted by Gasteiger charge is -2.33. The predicted octanol–water partition coefficient (Wildman–Crippen LogP) is 3.96. The normalized spacial score (nSPS) is 16.1. The Labute approximate surface area is 188 Å². The Balaban J connectivity index is 1.37. The molecule has 166 valence electrons. The van der Waals surface area contributed by atoms with Gasteiger partial charge in [-0.05, 0) is 56.7 Å². The number of aromatic nitrogens is 5. The summed E-state index contributed by atoms with van der Waals surface area (Å²) in [5, 5.41) is 7.89. The van der Waals surface area contributed by atoms with Crippen molar-refractivity contribution in [1.29, 1.82) is 0 Å². The molecule has 1 unspecified atom stereocenters. The van der Waals surface area contributed by atoms with Crippen LogP contribution in [-0.2, 0) is 6.42 Å². The Bertz CT molecular complexity index is 1200. The molecule has 0 saturated carbocycles. The summed E-state index contributed by atoms with van der Waals surface area (Å²) in [6.45, 7) is 10.9. The Morgan fingerprint density at radius 2 is 1.84 bits per heavy atom. The van der Waals surface area contributed by atoms with Crippen molar-refractivity contribution in [3.05, 3.63) is 65.9 Å². The van der Waals surface area contributed by atoms with Crippen molar-refractivity contribution >= 4 is 11.0 Å². The van der Waals surface area contributed by atoms with E-state index in [1.54, 1.807) is 0 Å². The molecule has 1 atom stereocenters. The lowest BCUT2D eigenvalue weighted by atomic mass is 10.1. The number of H-pyrrole nitrogens is 1. The molecule has 7 nitrogen and oxygen atoms in total. The zero-order valence-corrected chi connectivity index (χ0v) is 19.0. The molecule has 0 spiro atoms. The summed E-state index contributed by atoms with van der Waals surface area (Å²) in [4.78, 5) is 15.5. The van der Waals surface area contributed by atoms with Crippen LogP contribution in [0.1, 0.15) is 49.9 Å². The van der Waals surface area contributed by atoms with Gasteiger partial charge in [-0.25, -0.2) is 4.98 Å². The topological polar surface area (TPSA) is 74.7 Å². The number of nitrogens with zero attached hydrogens (tertiary/aromatic N) is 5. The van der Waals surface area contributed by atoms with E-state index in [2.05, 4.69) is 82.5 Å². The van der Waals surface area contributed by atoms with Crippen LogP contribution in [-0.4, -0.2) is 55.8 Å². The average Bonchev–Trinajstić information content (AvgIpc) is 3.45. The first-order chi connectivity index (χ1) is 15.6. The van der Waals surface area contributed by atoms with Gasteiger partial charge >= 0.3 is 0 Å². The molecule has 4 heterocycles. The van der Waals surface area contributed by atoms with Crippen LogP contribution < -0.4 is 5.32 Å². The molecule has 1 aliphatic heterocycles. The van der Waals surface area contributed by atoms with Crippen LogP contribution in [0.15, 0.2) is 48.8 Å². The van der Waals surface area contributed by atoms with Crippen molar-refractivity contribution in [1.82, 2.24) is 34.9 Å². The minimum Gasteiger partial charge on any atom is -0.342 e. The first kappa shape index (κ1) is 20.8. The van der Waals surface area contributed by atoms with E-state index in [1.165, 1.54) is 5.56 Å². The maximum absolute atomic E-state index is 4.82. The lowest BCUT2D eigenvalue weighted by molar-refractivity contribution is 0.185. The van der Waals surface area contributed by atoms with Gasteiger partial charge in [0.15, 0.2) is 0 Å². The number of imidazole rings is 1. The van der Waals surface area contributed by atoms with Crippen molar-refractivity contribution in [3.63, 3.8) is 0 Å². The van der Waals surface area contributed by atoms with E-state index >= 15 is 0 Å². The van der Waals surface area contributed by atoms with Gasteiger partial charge in [-0.2, -0.15) is 5.10 Å². The number of rotatable bonds is 6. The summed E-state index contributed by atoms with van der Waals surface area (Å²) in [6.07, 6.45) is 4.48. The zero-order chi connectivity index (χ0) is 22.1. The number of hydrogen-bond acceptors (Lipinski definition) is 5. The SMILES string of the molecule is CC(c1ccnc(Cc2nc3ccc(-c4ccnn4C(C)C)cc3[nH]2)c1)N1CCNCC1. The third-order valence-electron chi connectivity index (χ3n) is 6.36. The number of nitrogens with one attached hydrogen (secondary N) is 2. The van der Waals surface area contributed by atoms with Gasteiger partial charge in [0.05, 0.1) is 16.7 Å². The van der Waals surface area contributed by atoms with Crippen molar-refractivity contribution in [3.8, 4) is 11.3 Å². The molecule has 32 heavy (non-hydrogen) atoms. The minimum absolute atomic E-state index is 0.315. The van der Waals surface area contributed by atoms with Crippen LogP contribution in [0.25, 0.3) is 22.3 Å². The highest BCUT2D eigenvalue weighted by molar-refractivity contribution is 5.81. The molecular formula is C25H31N7. The summed E-state index contributed by atoms with van der Waals surface area (Å²) < 4.78 is 2.05. The van der Waals surface area contributed by atoms with E-state index in [0.717, 1.165) is 60.0 Å². The summed E-state index contributed by atoms with van der Waals surface area (Å²) in [7, 11) is 0. The van der Waals surface area contributed by atoms with Gasteiger partial charge in [-0.3, -0.25) is 14.6 Å². The molecule has 1 saturated heterocycles. The molecule has 0 radical (unpaired) electrons. The Hall–Kier alpha value is -3.03. The van der Waals surface area contributed by atoms with Crippen LogP contribution >= 0.6 is 0 Å². The molecule has 0 bridgehead atoms. The highest BCUT2D eigenvalue weighted by Crippen LogP contribution is 2.26. The van der Waals surface area contributed by atoms with Crippen molar-refractivity contribution < 1.29 is 0 Å². The van der Waals surface area contributed by atoms with E-state index in [1.807, 2.05) is 17.1 Å². The third kappa shape index (κ3) is 4.18. The smallest absolute Gasteiger partial charge is 0.113 e. The number of pyridine rings is 1. The van der Waals surface area contributed by atoms with E-state index < -0.39 is 0 Å². The van der Waals surface area contributed by atoms with Crippen LogP contribution in [0.5, 0.6) is 0 Å². The van der Waals surface area contributed by atoms with Crippen LogP contribution in [0.2, 0.25) is 0 Å². The maximum Gasteiger partial charge on any atom is 0.113 e. The van der Waals surface area contributed by atoms with Crippen LogP contribution in [0.3, 0.4) is 0 Å². The first-order valence-electron chi connectivity index (χ1n) is 11.5. The van der Waals surface area contributed by atoms with Gasteiger partial charge in [0.2, 0.25) is 0 Å². The summed E-state index contributed by atoms with van der Waals surface area (Å²) >= 11 is 0. The largest absolute Gasteiger partial charge is 0.342 e. The second-order valence-electron chi connectivity index (χ2n) is 8.89. The van der Waals surface area contributed by atoms with Crippen molar-refractivity contribution in [2.24, 2.45) is 0 Å². The number of benzene rings is 1. The predicted molar refractivity (Wildman–Crippen MR) is 128 cm³/mol. The monoisotopic (exact) mass is 429 g/mol.